The molecule has 16 heavy (non-hydrogen) atoms. The van der Waals surface area contributed by atoms with E-state index < -0.39 is 0 Å². The van der Waals surface area contributed by atoms with Gasteiger partial charge in [0.1, 0.15) is 5.76 Å². The molecule has 0 saturated heterocycles. The number of rotatable bonds is 4. The van der Waals surface area contributed by atoms with E-state index in [2.05, 4.69) is 21.2 Å². The van der Waals surface area contributed by atoms with Crippen LogP contribution >= 0.6 is 15.9 Å². The Hall–Kier alpha value is -0.320. The minimum absolute atomic E-state index is 0.0871. The van der Waals surface area contributed by atoms with Gasteiger partial charge in [0.05, 0.1) is 23.4 Å². The third-order valence-electron chi connectivity index (χ3n) is 3.16. The summed E-state index contributed by atoms with van der Waals surface area (Å²) in [4.78, 5) is 0. The van der Waals surface area contributed by atoms with E-state index in [4.69, 9.17) is 4.42 Å². The first-order chi connectivity index (χ1) is 7.75. The second-order valence-corrected chi connectivity index (χ2v) is 5.36. The summed E-state index contributed by atoms with van der Waals surface area (Å²) in [6, 6.07) is 1.90. The molecule has 0 bridgehead atoms. The smallest absolute Gasteiger partial charge is 0.131 e. The third-order valence-corrected chi connectivity index (χ3v) is 3.87. The Morgan fingerprint density at radius 2 is 2.38 bits per heavy atom. The quantitative estimate of drug-likeness (QED) is 0.895. The maximum atomic E-state index is 9.55. The fraction of sp³-hybridized carbons (Fsp3) is 0.667. The molecule has 2 rings (SSSR count). The summed E-state index contributed by atoms with van der Waals surface area (Å²) in [5.41, 5.74) is 0. The predicted octanol–water partition coefficient (Wildman–Crippen LogP) is 2.68. The summed E-state index contributed by atoms with van der Waals surface area (Å²) in [6.07, 6.45) is 5.88. The second kappa shape index (κ2) is 5.84. The average molecular weight is 288 g/mol. The molecule has 2 N–H and O–H groups in total. The second-order valence-electron chi connectivity index (χ2n) is 4.51. The summed E-state index contributed by atoms with van der Waals surface area (Å²) >= 11 is 3.43. The van der Waals surface area contributed by atoms with Gasteiger partial charge in [0.25, 0.3) is 0 Å². The highest BCUT2D eigenvalue weighted by atomic mass is 79.9. The van der Waals surface area contributed by atoms with Gasteiger partial charge in [-0.15, -0.1) is 0 Å². The average Bonchev–Trinajstić information content (AvgIpc) is 2.65. The molecule has 0 radical (unpaired) electrons. The highest BCUT2D eigenvalue weighted by Crippen LogP contribution is 2.24. The molecule has 2 atom stereocenters. The van der Waals surface area contributed by atoms with Crippen LogP contribution in [0.25, 0.3) is 0 Å². The lowest BCUT2D eigenvalue weighted by Gasteiger charge is -2.25. The van der Waals surface area contributed by atoms with Gasteiger partial charge < -0.3 is 14.8 Å². The lowest BCUT2D eigenvalue weighted by molar-refractivity contribution is 0.100. The Morgan fingerprint density at radius 1 is 1.50 bits per heavy atom. The van der Waals surface area contributed by atoms with Crippen molar-refractivity contribution in [3.8, 4) is 0 Å². The van der Waals surface area contributed by atoms with Crippen molar-refractivity contribution >= 4 is 15.9 Å². The van der Waals surface area contributed by atoms with Crippen LogP contribution in [0, 0.1) is 5.92 Å². The number of halogens is 1. The third kappa shape index (κ3) is 3.34. The van der Waals surface area contributed by atoms with Crippen molar-refractivity contribution in [3.05, 3.63) is 22.6 Å². The predicted molar refractivity (Wildman–Crippen MR) is 66.1 cm³/mol. The summed E-state index contributed by atoms with van der Waals surface area (Å²) in [6.45, 7) is 1.71. The van der Waals surface area contributed by atoms with Crippen molar-refractivity contribution in [1.82, 2.24) is 5.32 Å². The van der Waals surface area contributed by atoms with Crippen LogP contribution in [-0.2, 0) is 6.54 Å². The number of aliphatic hydroxyl groups is 1. The summed E-state index contributed by atoms with van der Waals surface area (Å²) in [5.74, 6) is 1.55. The zero-order chi connectivity index (χ0) is 11.4. The fourth-order valence-corrected chi connectivity index (χ4v) is 2.63. The SMILES string of the molecule is OC1CCCC(CNCc2occc2Br)C1. The zero-order valence-corrected chi connectivity index (χ0v) is 10.9. The molecule has 2 unspecified atom stereocenters. The van der Waals surface area contributed by atoms with Crippen LogP contribution in [0.1, 0.15) is 31.4 Å². The normalized spacial score (nSPS) is 25.9. The van der Waals surface area contributed by atoms with Gasteiger partial charge in [-0.3, -0.25) is 0 Å². The van der Waals surface area contributed by atoms with Crippen molar-refractivity contribution in [2.24, 2.45) is 5.92 Å². The van der Waals surface area contributed by atoms with Crippen LogP contribution in [0.4, 0.5) is 0 Å². The Labute approximate surface area is 104 Å². The lowest BCUT2D eigenvalue weighted by atomic mass is 9.87. The highest BCUT2D eigenvalue weighted by molar-refractivity contribution is 9.10. The lowest BCUT2D eigenvalue weighted by Crippen LogP contribution is -2.28. The van der Waals surface area contributed by atoms with Gasteiger partial charge >= 0.3 is 0 Å². The molecule has 4 heteroatoms. The van der Waals surface area contributed by atoms with Crippen LogP contribution in [0.2, 0.25) is 0 Å². The van der Waals surface area contributed by atoms with Gasteiger partial charge in [0.2, 0.25) is 0 Å². The van der Waals surface area contributed by atoms with E-state index in [1.165, 1.54) is 6.42 Å². The van der Waals surface area contributed by atoms with Gasteiger partial charge in [-0.25, -0.2) is 0 Å². The fourth-order valence-electron chi connectivity index (χ4n) is 2.29. The molecule has 0 aliphatic heterocycles. The molecule has 3 nitrogen and oxygen atoms in total. The van der Waals surface area contributed by atoms with Crippen molar-refractivity contribution in [3.63, 3.8) is 0 Å². The van der Waals surface area contributed by atoms with E-state index >= 15 is 0 Å². The summed E-state index contributed by atoms with van der Waals surface area (Å²) in [5, 5.41) is 12.9. The van der Waals surface area contributed by atoms with Crippen molar-refractivity contribution in [1.29, 1.82) is 0 Å². The van der Waals surface area contributed by atoms with E-state index in [1.807, 2.05) is 6.07 Å². The van der Waals surface area contributed by atoms with Crippen LogP contribution < -0.4 is 5.32 Å². The maximum absolute atomic E-state index is 9.55. The highest BCUT2D eigenvalue weighted by Gasteiger charge is 2.19. The molecule has 0 spiro atoms. The van der Waals surface area contributed by atoms with Crippen LogP contribution in [0.15, 0.2) is 21.2 Å². The molecule has 1 saturated carbocycles. The number of nitrogens with one attached hydrogen (secondary N) is 1. The molecular weight excluding hydrogens is 270 g/mol. The molecule has 1 aliphatic carbocycles. The van der Waals surface area contributed by atoms with Gasteiger partial charge in [-0.2, -0.15) is 0 Å². The minimum Gasteiger partial charge on any atom is -0.467 e. The molecule has 1 heterocycles. The zero-order valence-electron chi connectivity index (χ0n) is 9.29. The topological polar surface area (TPSA) is 45.4 Å². The first kappa shape index (κ1) is 12.1. The molecule has 1 aliphatic rings. The monoisotopic (exact) mass is 287 g/mol. The summed E-state index contributed by atoms with van der Waals surface area (Å²) in [7, 11) is 0. The molecule has 1 aromatic heterocycles. The van der Waals surface area contributed by atoms with E-state index in [1.54, 1.807) is 6.26 Å². The Kier molecular flexibility index (Phi) is 4.44. The number of furan rings is 1. The summed E-state index contributed by atoms with van der Waals surface area (Å²) < 4.78 is 6.33. The largest absolute Gasteiger partial charge is 0.467 e. The number of hydrogen-bond acceptors (Lipinski definition) is 3. The van der Waals surface area contributed by atoms with Crippen molar-refractivity contribution < 1.29 is 9.52 Å². The van der Waals surface area contributed by atoms with Crippen LogP contribution in [0.5, 0.6) is 0 Å². The molecule has 0 aromatic carbocycles. The van der Waals surface area contributed by atoms with E-state index in [0.29, 0.717) is 5.92 Å². The number of hydrogen-bond donors (Lipinski definition) is 2. The van der Waals surface area contributed by atoms with E-state index in [9.17, 15) is 5.11 Å². The van der Waals surface area contributed by atoms with Gasteiger partial charge in [-0.1, -0.05) is 6.42 Å². The molecule has 1 aromatic rings. The first-order valence-corrected chi connectivity index (χ1v) is 6.65. The van der Waals surface area contributed by atoms with Gasteiger partial charge in [-0.05, 0) is 53.7 Å². The van der Waals surface area contributed by atoms with Gasteiger partial charge in [0.15, 0.2) is 0 Å². The van der Waals surface area contributed by atoms with Crippen molar-refractivity contribution in [2.45, 2.75) is 38.3 Å². The first-order valence-electron chi connectivity index (χ1n) is 5.86. The van der Waals surface area contributed by atoms with Crippen molar-refractivity contribution in [2.75, 3.05) is 6.54 Å². The van der Waals surface area contributed by atoms with E-state index in [-0.39, 0.29) is 6.10 Å². The molecule has 90 valence electrons. The van der Waals surface area contributed by atoms with Crippen LogP contribution in [0.3, 0.4) is 0 Å². The Balaban J connectivity index is 1.70. The van der Waals surface area contributed by atoms with Crippen LogP contribution in [-0.4, -0.2) is 17.8 Å². The maximum Gasteiger partial charge on any atom is 0.131 e. The molecule has 1 fully saturated rings. The van der Waals surface area contributed by atoms with E-state index in [0.717, 1.165) is 42.6 Å². The Bertz CT molecular complexity index is 327. The molecule has 0 amide bonds. The van der Waals surface area contributed by atoms with Gasteiger partial charge in [0, 0.05) is 0 Å². The minimum atomic E-state index is -0.0871. The Morgan fingerprint density at radius 3 is 3.06 bits per heavy atom. The standard InChI is InChI=1S/C12H18BrNO2/c13-11-4-5-16-12(11)8-14-7-9-2-1-3-10(15)6-9/h4-5,9-10,14-15H,1-3,6-8H2. The molecular formula is C12H18BrNO2. The number of aliphatic hydroxyl groups excluding tert-OH is 1.